The summed E-state index contributed by atoms with van der Waals surface area (Å²) in [7, 11) is 0. The molecule has 2 aromatic rings. The summed E-state index contributed by atoms with van der Waals surface area (Å²) in [5.41, 5.74) is 0.768. The van der Waals surface area contributed by atoms with Crippen LogP contribution >= 0.6 is 45.8 Å². The fraction of sp³-hybridized carbons (Fsp3) is 0. The Hall–Kier alpha value is -0.460. The third-order valence-electron chi connectivity index (χ3n) is 1.97. The summed E-state index contributed by atoms with van der Waals surface area (Å²) < 4.78 is 0.594. The normalized spacial score (nSPS) is 10.9. The standard InChI is InChI=1S/C9H4Cl2INO2/c10-3-1-4(11)6-5(2-3)13-8(7(6)12)9(14)15/h1-2,13H,(H,14,15). The zero-order valence-corrected chi connectivity index (χ0v) is 10.8. The molecule has 2 rings (SSSR count). The quantitative estimate of drug-likeness (QED) is 0.765. The van der Waals surface area contributed by atoms with Crippen molar-refractivity contribution in [3.8, 4) is 0 Å². The van der Waals surface area contributed by atoms with Crippen molar-refractivity contribution >= 4 is 62.7 Å². The minimum Gasteiger partial charge on any atom is -0.477 e. The number of hydrogen-bond acceptors (Lipinski definition) is 1. The molecule has 15 heavy (non-hydrogen) atoms. The molecule has 1 aromatic heterocycles. The fourth-order valence-corrected chi connectivity index (χ4v) is 3.05. The first-order valence-corrected chi connectivity index (χ1v) is 5.73. The van der Waals surface area contributed by atoms with Crippen LogP contribution in [0.1, 0.15) is 10.5 Å². The monoisotopic (exact) mass is 355 g/mol. The minimum atomic E-state index is -1.01. The Morgan fingerprint density at radius 1 is 1.40 bits per heavy atom. The third-order valence-corrected chi connectivity index (χ3v) is 3.56. The molecule has 0 radical (unpaired) electrons. The average Bonchev–Trinajstić information content (AvgIpc) is 2.42. The van der Waals surface area contributed by atoms with Gasteiger partial charge in [-0.2, -0.15) is 0 Å². The van der Waals surface area contributed by atoms with Gasteiger partial charge in [0.2, 0.25) is 0 Å². The van der Waals surface area contributed by atoms with Gasteiger partial charge in [0, 0.05) is 10.4 Å². The number of nitrogens with one attached hydrogen (secondary N) is 1. The molecule has 0 unspecified atom stereocenters. The van der Waals surface area contributed by atoms with Crippen LogP contribution in [0.4, 0.5) is 0 Å². The van der Waals surface area contributed by atoms with Gasteiger partial charge in [0.1, 0.15) is 5.69 Å². The van der Waals surface area contributed by atoms with Crippen LogP contribution in [0.2, 0.25) is 10.0 Å². The predicted octanol–water partition coefficient (Wildman–Crippen LogP) is 3.78. The van der Waals surface area contributed by atoms with Gasteiger partial charge < -0.3 is 10.1 Å². The first kappa shape index (κ1) is 11.0. The lowest BCUT2D eigenvalue weighted by molar-refractivity contribution is 0.0690. The van der Waals surface area contributed by atoms with Crippen molar-refractivity contribution < 1.29 is 9.90 Å². The van der Waals surface area contributed by atoms with Crippen molar-refractivity contribution in [3.63, 3.8) is 0 Å². The molecule has 1 heterocycles. The average molecular weight is 356 g/mol. The number of aromatic amines is 1. The van der Waals surface area contributed by atoms with E-state index in [0.29, 0.717) is 24.5 Å². The van der Waals surface area contributed by atoms with E-state index in [4.69, 9.17) is 28.3 Å². The van der Waals surface area contributed by atoms with Crippen molar-refractivity contribution in [2.45, 2.75) is 0 Å². The molecule has 0 aliphatic rings. The highest BCUT2D eigenvalue weighted by Crippen LogP contribution is 2.33. The Kier molecular flexibility index (Phi) is 2.83. The summed E-state index contributed by atoms with van der Waals surface area (Å²) in [4.78, 5) is 13.6. The van der Waals surface area contributed by atoms with Crippen LogP contribution in [0, 0.1) is 3.57 Å². The molecule has 0 atom stereocenters. The largest absolute Gasteiger partial charge is 0.477 e. The lowest BCUT2D eigenvalue weighted by atomic mass is 10.2. The number of aromatic nitrogens is 1. The molecular weight excluding hydrogens is 352 g/mol. The Morgan fingerprint density at radius 2 is 2.07 bits per heavy atom. The summed E-state index contributed by atoms with van der Waals surface area (Å²) in [6.45, 7) is 0. The van der Waals surface area contributed by atoms with E-state index in [9.17, 15) is 4.79 Å². The van der Waals surface area contributed by atoms with Crippen LogP contribution in [0.5, 0.6) is 0 Å². The van der Waals surface area contributed by atoms with Crippen LogP contribution in [0.15, 0.2) is 12.1 Å². The molecule has 0 spiro atoms. The van der Waals surface area contributed by atoms with Crippen molar-refractivity contribution in [3.05, 3.63) is 31.4 Å². The van der Waals surface area contributed by atoms with Gasteiger partial charge >= 0.3 is 5.97 Å². The second-order valence-electron chi connectivity index (χ2n) is 2.93. The van der Waals surface area contributed by atoms with Crippen molar-refractivity contribution in [1.82, 2.24) is 4.98 Å². The van der Waals surface area contributed by atoms with E-state index < -0.39 is 5.97 Å². The molecule has 0 amide bonds. The number of fused-ring (bicyclic) bond motifs is 1. The van der Waals surface area contributed by atoms with Gasteiger partial charge in [0.25, 0.3) is 0 Å². The Balaban J connectivity index is 2.88. The van der Waals surface area contributed by atoms with Crippen molar-refractivity contribution in [2.24, 2.45) is 0 Å². The zero-order valence-electron chi connectivity index (χ0n) is 7.14. The van der Waals surface area contributed by atoms with E-state index in [-0.39, 0.29) is 5.69 Å². The van der Waals surface area contributed by atoms with Gasteiger partial charge in [-0.15, -0.1) is 0 Å². The number of benzene rings is 1. The van der Waals surface area contributed by atoms with E-state index >= 15 is 0 Å². The number of H-pyrrole nitrogens is 1. The summed E-state index contributed by atoms with van der Waals surface area (Å²) in [5.74, 6) is -1.01. The number of hydrogen-bond donors (Lipinski definition) is 2. The number of carboxylic acids is 1. The molecule has 78 valence electrons. The number of carbonyl (C=O) groups is 1. The molecule has 0 aliphatic heterocycles. The van der Waals surface area contributed by atoms with Gasteiger partial charge in [-0.1, -0.05) is 23.2 Å². The van der Waals surface area contributed by atoms with Crippen LogP contribution in [0.25, 0.3) is 10.9 Å². The second kappa shape index (κ2) is 3.84. The number of carboxylic acid groups (broad SMARTS) is 1. The SMILES string of the molecule is O=C(O)c1[nH]c2cc(Cl)cc(Cl)c2c1I. The van der Waals surface area contributed by atoms with Gasteiger partial charge in [-0.3, -0.25) is 0 Å². The number of aromatic carboxylic acids is 1. The lowest BCUT2D eigenvalue weighted by Gasteiger charge is -1.95. The molecule has 3 nitrogen and oxygen atoms in total. The van der Waals surface area contributed by atoms with Crippen LogP contribution in [-0.2, 0) is 0 Å². The maximum Gasteiger partial charge on any atom is 0.353 e. The minimum absolute atomic E-state index is 0.134. The molecule has 0 bridgehead atoms. The Bertz CT molecular complexity index is 565. The molecular formula is C9H4Cl2INO2. The van der Waals surface area contributed by atoms with E-state index in [0.717, 1.165) is 0 Å². The first-order chi connectivity index (χ1) is 7.00. The first-order valence-electron chi connectivity index (χ1n) is 3.90. The van der Waals surface area contributed by atoms with E-state index in [1.807, 2.05) is 22.6 Å². The fourth-order valence-electron chi connectivity index (χ4n) is 1.36. The highest BCUT2D eigenvalue weighted by molar-refractivity contribution is 14.1. The summed E-state index contributed by atoms with van der Waals surface area (Å²) in [6.07, 6.45) is 0. The molecule has 0 saturated heterocycles. The van der Waals surface area contributed by atoms with E-state index in [1.54, 1.807) is 12.1 Å². The van der Waals surface area contributed by atoms with Gasteiger partial charge in [-0.05, 0) is 34.7 Å². The summed E-state index contributed by atoms with van der Waals surface area (Å²) >= 11 is 13.7. The Morgan fingerprint density at radius 3 is 2.67 bits per heavy atom. The lowest BCUT2D eigenvalue weighted by Crippen LogP contribution is -1.98. The Labute approximate surface area is 109 Å². The van der Waals surface area contributed by atoms with Crippen LogP contribution < -0.4 is 0 Å². The molecule has 0 saturated carbocycles. The molecule has 0 fully saturated rings. The maximum absolute atomic E-state index is 10.9. The van der Waals surface area contributed by atoms with Crippen LogP contribution in [0.3, 0.4) is 0 Å². The second-order valence-corrected chi connectivity index (χ2v) is 4.85. The third kappa shape index (κ3) is 1.81. The van der Waals surface area contributed by atoms with Gasteiger partial charge in [-0.25, -0.2) is 4.79 Å². The smallest absolute Gasteiger partial charge is 0.353 e. The highest BCUT2D eigenvalue weighted by Gasteiger charge is 2.17. The van der Waals surface area contributed by atoms with Gasteiger partial charge in [0.15, 0.2) is 0 Å². The highest BCUT2D eigenvalue weighted by atomic mass is 127. The van der Waals surface area contributed by atoms with Crippen molar-refractivity contribution in [2.75, 3.05) is 0 Å². The predicted molar refractivity (Wildman–Crippen MR) is 68.0 cm³/mol. The summed E-state index contributed by atoms with van der Waals surface area (Å²) in [6, 6.07) is 3.24. The molecule has 1 aromatic carbocycles. The van der Waals surface area contributed by atoms with E-state index in [2.05, 4.69) is 4.98 Å². The number of halogens is 3. The number of rotatable bonds is 1. The molecule has 6 heteroatoms. The van der Waals surface area contributed by atoms with Crippen LogP contribution in [-0.4, -0.2) is 16.1 Å². The molecule has 2 N–H and O–H groups in total. The van der Waals surface area contributed by atoms with E-state index in [1.165, 1.54) is 0 Å². The van der Waals surface area contributed by atoms with Gasteiger partial charge in [0.05, 0.1) is 14.1 Å². The maximum atomic E-state index is 10.9. The zero-order chi connectivity index (χ0) is 11.2. The molecule has 0 aliphatic carbocycles. The van der Waals surface area contributed by atoms with Crippen molar-refractivity contribution in [1.29, 1.82) is 0 Å². The topological polar surface area (TPSA) is 53.1 Å². The summed E-state index contributed by atoms with van der Waals surface area (Å²) in [5, 5.41) is 10.5.